The van der Waals surface area contributed by atoms with E-state index >= 15 is 0 Å². The number of hydrogen-bond donors (Lipinski definition) is 0. The predicted molar refractivity (Wildman–Crippen MR) is 197 cm³/mol. The Morgan fingerprint density at radius 2 is 0.872 bits per heavy atom. The molecule has 0 N–H and O–H groups in total. The van der Waals surface area contributed by atoms with Crippen LogP contribution in [0.1, 0.15) is 0 Å². The van der Waals surface area contributed by atoms with Crippen LogP contribution in [0.5, 0.6) is 0 Å². The first kappa shape index (κ1) is 26.0. The van der Waals surface area contributed by atoms with Crippen LogP contribution in [0.4, 0.5) is 0 Å². The predicted octanol–water partition coefficient (Wildman–Crippen LogP) is 11.5. The molecule has 218 valence electrons. The Hall–Kier alpha value is -6.32. The van der Waals surface area contributed by atoms with Crippen molar-refractivity contribution in [3.8, 4) is 28.2 Å². The molecule has 0 fully saturated rings. The van der Waals surface area contributed by atoms with Gasteiger partial charge in [0.05, 0.1) is 33.5 Å². The molecular formula is C44H27N3. The van der Waals surface area contributed by atoms with E-state index in [-0.39, 0.29) is 0 Å². The van der Waals surface area contributed by atoms with Crippen LogP contribution in [0, 0.1) is 0 Å². The van der Waals surface area contributed by atoms with E-state index in [1.54, 1.807) is 0 Å². The minimum atomic E-state index is 0.887. The highest BCUT2D eigenvalue weighted by molar-refractivity contribution is 6.24. The van der Waals surface area contributed by atoms with Crippen molar-refractivity contribution in [2.75, 3.05) is 0 Å². The molecule has 0 saturated carbocycles. The summed E-state index contributed by atoms with van der Waals surface area (Å²) in [5.74, 6) is 0. The molecule has 47 heavy (non-hydrogen) atoms. The summed E-state index contributed by atoms with van der Waals surface area (Å²) < 4.78 is 2.47. The van der Waals surface area contributed by atoms with Crippen LogP contribution in [0.25, 0.3) is 93.4 Å². The van der Waals surface area contributed by atoms with Crippen molar-refractivity contribution in [3.05, 3.63) is 164 Å². The molecule has 10 aromatic rings. The van der Waals surface area contributed by atoms with Gasteiger partial charge in [-0.25, -0.2) is 9.97 Å². The van der Waals surface area contributed by atoms with Crippen LogP contribution in [-0.4, -0.2) is 14.5 Å². The monoisotopic (exact) mass is 597 g/mol. The van der Waals surface area contributed by atoms with E-state index in [1.165, 1.54) is 43.4 Å². The van der Waals surface area contributed by atoms with Crippen LogP contribution in [0.2, 0.25) is 0 Å². The molecule has 0 aliphatic carbocycles. The summed E-state index contributed by atoms with van der Waals surface area (Å²) in [6, 6.07) is 58.3. The molecular weight excluding hydrogens is 571 g/mol. The average molecular weight is 598 g/mol. The van der Waals surface area contributed by atoms with Crippen molar-refractivity contribution in [2.45, 2.75) is 0 Å². The van der Waals surface area contributed by atoms with E-state index in [0.717, 1.165) is 50.0 Å². The third-order valence-corrected chi connectivity index (χ3v) is 9.53. The van der Waals surface area contributed by atoms with Gasteiger partial charge in [0.1, 0.15) is 0 Å². The van der Waals surface area contributed by atoms with Gasteiger partial charge >= 0.3 is 0 Å². The second kappa shape index (κ2) is 10.1. The summed E-state index contributed by atoms with van der Waals surface area (Å²) in [6.45, 7) is 0. The Kier molecular flexibility index (Phi) is 5.57. The minimum absolute atomic E-state index is 0.887. The standard InChI is InChI=1S/C44H27N3/c1-3-13-30(14-4-1)40-41(31-15-5-2-6-16-31)46-42-34-25-22-33(27-32(34)21-26-39(42)45-40)47-43-35-17-9-7-11-28(35)19-23-37(43)38-24-20-29-12-8-10-18-36(29)44(38)47/h1-27H. The molecule has 0 unspecified atom stereocenters. The maximum absolute atomic E-state index is 5.35. The van der Waals surface area contributed by atoms with E-state index in [9.17, 15) is 0 Å². The molecule has 3 nitrogen and oxygen atoms in total. The van der Waals surface area contributed by atoms with Crippen LogP contribution >= 0.6 is 0 Å². The first-order chi connectivity index (χ1) is 23.3. The number of aromatic nitrogens is 3. The normalized spacial score (nSPS) is 11.8. The Balaban J connectivity index is 1.28. The molecule has 0 amide bonds. The fraction of sp³-hybridized carbons (Fsp3) is 0. The smallest absolute Gasteiger partial charge is 0.0973 e. The molecule has 2 heterocycles. The summed E-state index contributed by atoms with van der Waals surface area (Å²) >= 11 is 0. The van der Waals surface area contributed by atoms with Crippen LogP contribution in [0.3, 0.4) is 0 Å². The fourth-order valence-electron chi connectivity index (χ4n) is 7.37. The van der Waals surface area contributed by atoms with E-state index in [2.05, 4.69) is 156 Å². The van der Waals surface area contributed by atoms with E-state index in [4.69, 9.17) is 9.97 Å². The van der Waals surface area contributed by atoms with Crippen LogP contribution < -0.4 is 0 Å². The number of benzene rings is 8. The highest BCUT2D eigenvalue weighted by Crippen LogP contribution is 2.41. The van der Waals surface area contributed by atoms with Gasteiger partial charge in [-0.05, 0) is 34.4 Å². The second-order valence-electron chi connectivity index (χ2n) is 12.2. The fourth-order valence-corrected chi connectivity index (χ4v) is 7.37. The van der Waals surface area contributed by atoms with Crippen LogP contribution in [0.15, 0.2) is 164 Å². The van der Waals surface area contributed by atoms with E-state index in [0.29, 0.717) is 0 Å². The topological polar surface area (TPSA) is 30.7 Å². The molecule has 8 aromatic carbocycles. The van der Waals surface area contributed by atoms with Crippen molar-refractivity contribution in [2.24, 2.45) is 0 Å². The number of rotatable bonds is 3. The summed E-state index contributed by atoms with van der Waals surface area (Å²) in [6.07, 6.45) is 0. The number of nitrogens with zero attached hydrogens (tertiary/aromatic N) is 3. The van der Waals surface area contributed by atoms with Crippen LogP contribution in [-0.2, 0) is 0 Å². The van der Waals surface area contributed by atoms with E-state index < -0.39 is 0 Å². The zero-order chi connectivity index (χ0) is 30.9. The zero-order valence-corrected chi connectivity index (χ0v) is 25.4. The quantitative estimate of drug-likeness (QED) is 0.190. The third-order valence-electron chi connectivity index (χ3n) is 9.53. The maximum atomic E-state index is 5.35. The lowest BCUT2D eigenvalue weighted by molar-refractivity contribution is 1.20. The molecule has 10 rings (SSSR count). The number of hydrogen-bond acceptors (Lipinski definition) is 2. The van der Waals surface area contributed by atoms with Gasteiger partial charge in [0.15, 0.2) is 0 Å². The van der Waals surface area contributed by atoms with Gasteiger partial charge in [0.2, 0.25) is 0 Å². The highest BCUT2D eigenvalue weighted by atomic mass is 15.0. The first-order valence-corrected chi connectivity index (χ1v) is 16.0. The molecule has 0 atom stereocenters. The van der Waals surface area contributed by atoms with Gasteiger partial charge < -0.3 is 4.57 Å². The van der Waals surface area contributed by atoms with Gasteiger partial charge in [0, 0.05) is 43.7 Å². The Morgan fingerprint density at radius 3 is 1.49 bits per heavy atom. The molecule has 0 aliphatic heterocycles. The lowest BCUT2D eigenvalue weighted by atomic mass is 10.0. The molecule has 0 radical (unpaired) electrons. The van der Waals surface area contributed by atoms with Gasteiger partial charge in [-0.1, -0.05) is 146 Å². The molecule has 3 heteroatoms. The van der Waals surface area contributed by atoms with Gasteiger partial charge in [-0.2, -0.15) is 0 Å². The SMILES string of the molecule is c1ccc(-c2nc3ccc4cc(-n5c6c7ccccc7ccc6c6ccc7ccccc7c65)ccc4c3nc2-c2ccccc2)cc1. The lowest BCUT2D eigenvalue weighted by Crippen LogP contribution is -1.98. The molecule has 2 aromatic heterocycles. The van der Waals surface area contributed by atoms with Crippen molar-refractivity contribution in [1.29, 1.82) is 0 Å². The first-order valence-electron chi connectivity index (χ1n) is 16.0. The summed E-state index contributed by atoms with van der Waals surface area (Å²) in [5.41, 5.74) is 9.28. The average Bonchev–Trinajstić information content (AvgIpc) is 3.50. The van der Waals surface area contributed by atoms with Gasteiger partial charge in [-0.15, -0.1) is 0 Å². The third kappa shape index (κ3) is 3.93. The van der Waals surface area contributed by atoms with Crippen molar-refractivity contribution in [1.82, 2.24) is 14.5 Å². The summed E-state index contributed by atoms with van der Waals surface area (Å²) in [5, 5.41) is 9.70. The second-order valence-corrected chi connectivity index (χ2v) is 12.2. The minimum Gasteiger partial charge on any atom is -0.308 e. The summed E-state index contributed by atoms with van der Waals surface area (Å²) in [7, 11) is 0. The highest BCUT2D eigenvalue weighted by Gasteiger charge is 2.19. The Morgan fingerprint density at radius 1 is 0.362 bits per heavy atom. The van der Waals surface area contributed by atoms with Crippen molar-refractivity contribution in [3.63, 3.8) is 0 Å². The summed E-state index contributed by atoms with van der Waals surface area (Å²) in [4.78, 5) is 10.6. The molecule has 0 saturated heterocycles. The van der Waals surface area contributed by atoms with E-state index in [1.807, 2.05) is 12.1 Å². The van der Waals surface area contributed by atoms with Gasteiger partial charge in [-0.3, -0.25) is 0 Å². The van der Waals surface area contributed by atoms with Gasteiger partial charge in [0.25, 0.3) is 0 Å². The Bertz CT molecular complexity index is 2740. The number of fused-ring (bicyclic) bond motifs is 10. The molecule has 0 spiro atoms. The molecule has 0 bridgehead atoms. The largest absolute Gasteiger partial charge is 0.308 e. The van der Waals surface area contributed by atoms with Crippen molar-refractivity contribution >= 4 is 65.2 Å². The lowest BCUT2D eigenvalue weighted by Gasteiger charge is -2.14. The maximum Gasteiger partial charge on any atom is 0.0973 e. The molecule has 0 aliphatic rings. The van der Waals surface area contributed by atoms with Crippen molar-refractivity contribution < 1.29 is 0 Å². The Labute approximate surface area is 271 Å². The zero-order valence-electron chi connectivity index (χ0n) is 25.4.